The van der Waals surface area contributed by atoms with E-state index in [2.05, 4.69) is 52.1 Å². The molecule has 2 rings (SSSR count). The van der Waals surface area contributed by atoms with E-state index >= 15 is 0 Å². The van der Waals surface area contributed by atoms with Gasteiger partial charge in [-0.25, -0.2) is 4.98 Å². The Bertz CT molecular complexity index is 447. The SMILES string of the molecule is CCC(C)(C)CC(C)(C)c1ccc2c(n1)NCCC2. The van der Waals surface area contributed by atoms with Gasteiger partial charge in [0.1, 0.15) is 5.82 Å². The molecule has 1 aliphatic rings. The summed E-state index contributed by atoms with van der Waals surface area (Å²) >= 11 is 0. The Morgan fingerprint density at radius 3 is 2.63 bits per heavy atom. The first-order chi connectivity index (χ1) is 8.84. The molecule has 2 heteroatoms. The summed E-state index contributed by atoms with van der Waals surface area (Å²) in [4.78, 5) is 4.89. The molecule has 19 heavy (non-hydrogen) atoms. The van der Waals surface area contributed by atoms with Crippen LogP contribution in [0.4, 0.5) is 5.82 Å². The minimum atomic E-state index is 0.133. The Labute approximate surface area is 118 Å². The highest BCUT2D eigenvalue weighted by Gasteiger charge is 2.30. The van der Waals surface area contributed by atoms with Gasteiger partial charge in [-0.1, -0.05) is 47.1 Å². The van der Waals surface area contributed by atoms with Crippen molar-refractivity contribution >= 4 is 5.82 Å². The Balaban J connectivity index is 2.25. The van der Waals surface area contributed by atoms with Crippen LogP contribution in [0.3, 0.4) is 0 Å². The molecule has 1 N–H and O–H groups in total. The standard InChI is InChI=1S/C17H28N2/c1-6-16(2,3)12-17(4,5)14-10-9-13-8-7-11-18-15(13)19-14/h9-10H,6-8,11-12H2,1-5H3,(H,18,19). The molecule has 0 aromatic carbocycles. The summed E-state index contributed by atoms with van der Waals surface area (Å²) in [5.41, 5.74) is 3.10. The minimum absolute atomic E-state index is 0.133. The van der Waals surface area contributed by atoms with Gasteiger partial charge in [-0.3, -0.25) is 0 Å². The topological polar surface area (TPSA) is 24.9 Å². The van der Waals surface area contributed by atoms with Crippen LogP contribution in [0, 0.1) is 5.41 Å². The zero-order valence-corrected chi connectivity index (χ0v) is 13.1. The molecule has 106 valence electrons. The van der Waals surface area contributed by atoms with Crippen molar-refractivity contribution in [3.8, 4) is 0 Å². The second-order valence-electron chi connectivity index (χ2n) is 7.31. The number of pyridine rings is 1. The van der Waals surface area contributed by atoms with Gasteiger partial charge in [0.25, 0.3) is 0 Å². The third kappa shape index (κ3) is 3.29. The van der Waals surface area contributed by atoms with Crippen LogP contribution < -0.4 is 5.32 Å². The quantitative estimate of drug-likeness (QED) is 0.859. The predicted molar refractivity (Wildman–Crippen MR) is 82.8 cm³/mol. The Kier molecular flexibility index (Phi) is 3.89. The number of hydrogen-bond acceptors (Lipinski definition) is 2. The molecular weight excluding hydrogens is 232 g/mol. The van der Waals surface area contributed by atoms with E-state index < -0.39 is 0 Å². The van der Waals surface area contributed by atoms with Crippen LogP contribution >= 0.6 is 0 Å². The molecule has 0 atom stereocenters. The third-order valence-corrected chi connectivity index (χ3v) is 4.47. The molecule has 0 aliphatic carbocycles. The van der Waals surface area contributed by atoms with Crippen molar-refractivity contribution in [1.29, 1.82) is 0 Å². The first-order valence-corrected chi connectivity index (χ1v) is 7.58. The predicted octanol–water partition coefficient (Wildman–Crippen LogP) is 4.54. The van der Waals surface area contributed by atoms with E-state index in [-0.39, 0.29) is 5.41 Å². The maximum Gasteiger partial charge on any atom is 0.129 e. The summed E-state index contributed by atoms with van der Waals surface area (Å²) < 4.78 is 0. The van der Waals surface area contributed by atoms with Crippen LogP contribution in [0.2, 0.25) is 0 Å². The molecule has 0 saturated carbocycles. The van der Waals surface area contributed by atoms with E-state index in [1.807, 2.05) is 0 Å². The zero-order chi connectivity index (χ0) is 14.1. The van der Waals surface area contributed by atoms with Crippen LogP contribution in [0.25, 0.3) is 0 Å². The lowest BCUT2D eigenvalue weighted by Crippen LogP contribution is -2.28. The Hall–Kier alpha value is -1.05. The largest absolute Gasteiger partial charge is 0.370 e. The van der Waals surface area contributed by atoms with E-state index in [1.54, 1.807) is 0 Å². The fraction of sp³-hybridized carbons (Fsp3) is 0.706. The van der Waals surface area contributed by atoms with Crippen molar-refractivity contribution in [2.24, 2.45) is 5.41 Å². The van der Waals surface area contributed by atoms with Gasteiger partial charge in [0.05, 0.1) is 0 Å². The normalized spacial score (nSPS) is 15.8. The van der Waals surface area contributed by atoms with E-state index in [4.69, 9.17) is 4.98 Å². The van der Waals surface area contributed by atoms with E-state index in [0.29, 0.717) is 5.41 Å². The van der Waals surface area contributed by atoms with Crippen molar-refractivity contribution < 1.29 is 0 Å². The number of fused-ring (bicyclic) bond motifs is 1. The summed E-state index contributed by atoms with van der Waals surface area (Å²) in [7, 11) is 0. The highest BCUT2D eigenvalue weighted by molar-refractivity contribution is 5.47. The lowest BCUT2D eigenvalue weighted by atomic mass is 9.72. The molecule has 0 amide bonds. The highest BCUT2D eigenvalue weighted by Crippen LogP contribution is 2.38. The summed E-state index contributed by atoms with van der Waals surface area (Å²) in [5.74, 6) is 1.12. The maximum atomic E-state index is 4.89. The number of nitrogens with zero attached hydrogens (tertiary/aromatic N) is 1. The van der Waals surface area contributed by atoms with Crippen molar-refractivity contribution in [1.82, 2.24) is 4.98 Å². The number of rotatable bonds is 4. The average molecular weight is 260 g/mol. The smallest absolute Gasteiger partial charge is 0.129 e. The van der Waals surface area contributed by atoms with E-state index in [0.717, 1.165) is 18.8 Å². The van der Waals surface area contributed by atoms with E-state index in [9.17, 15) is 0 Å². The summed E-state index contributed by atoms with van der Waals surface area (Å²) in [6.07, 6.45) is 4.76. The second-order valence-corrected chi connectivity index (χ2v) is 7.31. The van der Waals surface area contributed by atoms with Gasteiger partial charge >= 0.3 is 0 Å². The Morgan fingerprint density at radius 2 is 1.95 bits per heavy atom. The van der Waals surface area contributed by atoms with Crippen molar-refractivity contribution in [3.63, 3.8) is 0 Å². The molecule has 2 heterocycles. The lowest BCUT2D eigenvalue weighted by molar-refractivity contribution is 0.245. The summed E-state index contributed by atoms with van der Waals surface area (Å²) in [6, 6.07) is 4.50. The van der Waals surface area contributed by atoms with E-state index in [1.165, 1.54) is 30.5 Å². The van der Waals surface area contributed by atoms with Gasteiger partial charge in [0.2, 0.25) is 0 Å². The van der Waals surface area contributed by atoms with Crippen molar-refractivity contribution in [2.75, 3.05) is 11.9 Å². The molecule has 1 aliphatic heterocycles. The van der Waals surface area contributed by atoms with Gasteiger partial charge in [0, 0.05) is 17.7 Å². The van der Waals surface area contributed by atoms with Crippen molar-refractivity contribution in [2.45, 2.75) is 65.7 Å². The third-order valence-electron chi connectivity index (χ3n) is 4.47. The highest BCUT2D eigenvalue weighted by atomic mass is 15.0. The monoisotopic (exact) mass is 260 g/mol. The number of hydrogen-bond donors (Lipinski definition) is 1. The van der Waals surface area contributed by atoms with Gasteiger partial charge in [-0.15, -0.1) is 0 Å². The summed E-state index contributed by atoms with van der Waals surface area (Å²) in [6.45, 7) is 12.7. The van der Waals surface area contributed by atoms with Gasteiger partial charge in [-0.05, 0) is 36.3 Å². The van der Waals surface area contributed by atoms with Gasteiger partial charge in [0.15, 0.2) is 0 Å². The van der Waals surface area contributed by atoms with Gasteiger partial charge in [-0.2, -0.15) is 0 Å². The molecule has 0 radical (unpaired) electrons. The molecule has 2 nitrogen and oxygen atoms in total. The summed E-state index contributed by atoms with van der Waals surface area (Å²) in [5, 5.41) is 3.44. The maximum absolute atomic E-state index is 4.89. The number of nitrogens with one attached hydrogen (secondary N) is 1. The molecule has 0 spiro atoms. The van der Waals surface area contributed by atoms with Gasteiger partial charge < -0.3 is 5.32 Å². The van der Waals surface area contributed by atoms with Crippen molar-refractivity contribution in [3.05, 3.63) is 23.4 Å². The van der Waals surface area contributed by atoms with Crippen LogP contribution in [-0.4, -0.2) is 11.5 Å². The molecule has 0 saturated heterocycles. The number of aryl methyl sites for hydroxylation is 1. The number of anilines is 1. The average Bonchev–Trinajstić information content (AvgIpc) is 2.37. The second kappa shape index (κ2) is 5.15. The molecular formula is C17H28N2. The molecule has 1 aromatic rings. The minimum Gasteiger partial charge on any atom is -0.370 e. The van der Waals surface area contributed by atoms with Crippen LogP contribution in [0.5, 0.6) is 0 Å². The van der Waals surface area contributed by atoms with Crippen LogP contribution in [-0.2, 0) is 11.8 Å². The molecule has 0 bridgehead atoms. The zero-order valence-electron chi connectivity index (χ0n) is 13.1. The fourth-order valence-corrected chi connectivity index (χ4v) is 3.12. The van der Waals surface area contributed by atoms with Crippen LogP contribution in [0.15, 0.2) is 12.1 Å². The molecule has 0 unspecified atom stereocenters. The fourth-order valence-electron chi connectivity index (χ4n) is 3.12. The molecule has 0 fully saturated rings. The first-order valence-electron chi connectivity index (χ1n) is 7.58. The van der Waals surface area contributed by atoms with Crippen LogP contribution in [0.1, 0.15) is 65.1 Å². The first kappa shape index (κ1) is 14.4. The lowest BCUT2D eigenvalue weighted by Gasteiger charge is -2.34. The number of aromatic nitrogens is 1. The molecule has 1 aromatic heterocycles. The Morgan fingerprint density at radius 1 is 1.21 bits per heavy atom.